The van der Waals surface area contributed by atoms with Gasteiger partial charge in [0.15, 0.2) is 0 Å². The van der Waals surface area contributed by atoms with E-state index in [1.54, 1.807) is 0 Å². The molecule has 15 heavy (non-hydrogen) atoms. The highest BCUT2D eigenvalue weighted by molar-refractivity contribution is 6.27. The molecule has 2 rings (SSSR count). The lowest BCUT2D eigenvalue weighted by atomic mass is 9.79. The van der Waals surface area contributed by atoms with Gasteiger partial charge in [-0.2, -0.15) is 0 Å². The predicted octanol–water partition coefficient (Wildman–Crippen LogP) is 0.694. The Morgan fingerprint density at radius 2 is 1.60 bits per heavy atom. The summed E-state index contributed by atoms with van der Waals surface area (Å²) in [6.45, 7) is 1.28. The Hall–Kier alpha value is -1.10. The maximum atomic E-state index is 9.10. The summed E-state index contributed by atoms with van der Waals surface area (Å²) in [4.78, 5) is 18.2. The van der Waals surface area contributed by atoms with Crippen molar-refractivity contribution in [2.75, 3.05) is 6.54 Å². The van der Waals surface area contributed by atoms with Crippen molar-refractivity contribution in [3.8, 4) is 0 Å². The largest absolute Gasteiger partial charge is 0.473 e. The molecular weight excluding hydrogens is 198 g/mol. The molecule has 5 nitrogen and oxygen atoms in total. The first-order chi connectivity index (χ1) is 7.11. The van der Waals surface area contributed by atoms with E-state index in [4.69, 9.17) is 19.8 Å². The molecule has 1 unspecified atom stereocenters. The highest BCUT2D eigenvalue weighted by Gasteiger charge is 2.28. The first kappa shape index (κ1) is 12.0. The van der Waals surface area contributed by atoms with E-state index in [1.165, 1.54) is 38.6 Å². The fraction of sp³-hybridized carbons (Fsp3) is 0.800. The number of aliphatic carboxylic acids is 2. The third kappa shape index (κ3) is 3.87. The number of carboxylic acids is 2. The van der Waals surface area contributed by atoms with Crippen molar-refractivity contribution in [2.45, 2.75) is 38.1 Å². The van der Waals surface area contributed by atoms with Gasteiger partial charge in [0.25, 0.3) is 0 Å². The molecule has 1 atom stereocenters. The molecule has 0 aromatic heterocycles. The van der Waals surface area contributed by atoms with Crippen LogP contribution in [0.5, 0.6) is 0 Å². The number of carbonyl (C=O) groups is 2. The normalized spacial score (nSPS) is 24.9. The Bertz CT molecular complexity index is 220. The van der Waals surface area contributed by atoms with Gasteiger partial charge in [-0.1, -0.05) is 6.42 Å². The molecule has 1 heterocycles. The monoisotopic (exact) mass is 215 g/mol. The Balaban J connectivity index is 0.000000167. The fourth-order valence-electron chi connectivity index (χ4n) is 1.96. The van der Waals surface area contributed by atoms with Gasteiger partial charge in [-0.3, -0.25) is 0 Å². The summed E-state index contributed by atoms with van der Waals surface area (Å²) in [5.41, 5.74) is 0. The van der Waals surface area contributed by atoms with Crippen LogP contribution < -0.4 is 5.32 Å². The molecule has 1 saturated carbocycles. The van der Waals surface area contributed by atoms with Crippen molar-refractivity contribution in [1.82, 2.24) is 5.32 Å². The minimum Gasteiger partial charge on any atom is -0.473 e. The van der Waals surface area contributed by atoms with E-state index in [9.17, 15) is 0 Å². The third-order valence-electron chi connectivity index (χ3n) is 3.00. The summed E-state index contributed by atoms with van der Waals surface area (Å²) in [5, 5.41) is 18.3. The molecular formula is C10H17NO4. The third-order valence-corrected chi connectivity index (χ3v) is 3.00. The second-order valence-corrected chi connectivity index (χ2v) is 4.00. The number of hydrogen-bond acceptors (Lipinski definition) is 3. The molecule has 0 spiro atoms. The summed E-state index contributed by atoms with van der Waals surface area (Å²) in [7, 11) is 0. The summed E-state index contributed by atoms with van der Waals surface area (Å²) in [6.07, 6.45) is 7.35. The van der Waals surface area contributed by atoms with Gasteiger partial charge in [-0.25, -0.2) is 9.59 Å². The fourth-order valence-corrected chi connectivity index (χ4v) is 1.96. The standard InChI is InChI=1S/C8H15N.C2H2O4/c1-3-7(4-1)8-5-2-6-9-8;3-1(4)2(5)6/h7-9H,1-6H2;(H,3,4)(H,5,6). The zero-order valence-corrected chi connectivity index (χ0v) is 8.61. The van der Waals surface area contributed by atoms with E-state index in [0.717, 1.165) is 12.0 Å². The lowest BCUT2D eigenvalue weighted by Gasteiger charge is -2.31. The van der Waals surface area contributed by atoms with Gasteiger partial charge in [0.1, 0.15) is 0 Å². The van der Waals surface area contributed by atoms with Crippen molar-refractivity contribution < 1.29 is 19.8 Å². The average molecular weight is 215 g/mol. The number of hydrogen-bond donors (Lipinski definition) is 3. The molecule has 2 aliphatic rings. The molecule has 0 aromatic rings. The van der Waals surface area contributed by atoms with Gasteiger partial charge >= 0.3 is 11.9 Å². The van der Waals surface area contributed by atoms with Gasteiger partial charge in [0.2, 0.25) is 0 Å². The van der Waals surface area contributed by atoms with Crippen LogP contribution in [0.15, 0.2) is 0 Å². The van der Waals surface area contributed by atoms with E-state index in [0.29, 0.717) is 0 Å². The smallest absolute Gasteiger partial charge is 0.414 e. The quantitative estimate of drug-likeness (QED) is 0.560. The van der Waals surface area contributed by atoms with Crippen LogP contribution in [0.25, 0.3) is 0 Å². The molecule has 1 aliphatic carbocycles. The lowest BCUT2D eigenvalue weighted by Crippen LogP contribution is -2.34. The van der Waals surface area contributed by atoms with Crippen LogP contribution >= 0.6 is 0 Å². The minimum absolute atomic E-state index is 0.916. The van der Waals surface area contributed by atoms with Crippen LogP contribution in [0.4, 0.5) is 0 Å². The zero-order valence-electron chi connectivity index (χ0n) is 8.61. The van der Waals surface area contributed by atoms with Crippen LogP contribution in [-0.4, -0.2) is 34.7 Å². The first-order valence-electron chi connectivity index (χ1n) is 5.31. The van der Waals surface area contributed by atoms with Crippen molar-refractivity contribution in [2.24, 2.45) is 5.92 Å². The lowest BCUT2D eigenvalue weighted by molar-refractivity contribution is -0.159. The maximum Gasteiger partial charge on any atom is 0.414 e. The predicted molar refractivity (Wildman–Crippen MR) is 53.6 cm³/mol. The number of rotatable bonds is 1. The van der Waals surface area contributed by atoms with Crippen LogP contribution in [0, 0.1) is 5.92 Å². The van der Waals surface area contributed by atoms with Gasteiger partial charge in [0.05, 0.1) is 0 Å². The average Bonchev–Trinajstić information content (AvgIpc) is 2.55. The second kappa shape index (κ2) is 5.70. The van der Waals surface area contributed by atoms with Crippen LogP contribution in [0.2, 0.25) is 0 Å². The van der Waals surface area contributed by atoms with Gasteiger partial charge < -0.3 is 15.5 Å². The number of carboxylic acid groups (broad SMARTS) is 2. The van der Waals surface area contributed by atoms with Crippen LogP contribution in [0.1, 0.15) is 32.1 Å². The summed E-state index contributed by atoms with van der Waals surface area (Å²) in [5.74, 6) is -2.59. The Morgan fingerprint density at radius 1 is 1.00 bits per heavy atom. The van der Waals surface area contributed by atoms with E-state index in [1.807, 2.05) is 0 Å². The molecule has 86 valence electrons. The SMILES string of the molecule is C1CC(C2CCCN2)C1.O=C(O)C(=O)O. The van der Waals surface area contributed by atoms with Gasteiger partial charge in [0, 0.05) is 6.04 Å². The van der Waals surface area contributed by atoms with E-state index in [-0.39, 0.29) is 0 Å². The van der Waals surface area contributed by atoms with Crippen LogP contribution in [0.3, 0.4) is 0 Å². The Morgan fingerprint density at radius 3 is 1.87 bits per heavy atom. The van der Waals surface area contributed by atoms with Crippen molar-refractivity contribution in [3.63, 3.8) is 0 Å². The summed E-state index contributed by atoms with van der Waals surface area (Å²) in [6, 6.07) is 0.916. The van der Waals surface area contributed by atoms with Crippen LogP contribution in [-0.2, 0) is 9.59 Å². The molecule has 5 heteroatoms. The molecule has 2 fully saturated rings. The van der Waals surface area contributed by atoms with E-state index >= 15 is 0 Å². The summed E-state index contributed by atoms with van der Waals surface area (Å²) >= 11 is 0. The topological polar surface area (TPSA) is 86.6 Å². The molecule has 1 saturated heterocycles. The van der Waals surface area contributed by atoms with E-state index in [2.05, 4.69) is 5.32 Å². The zero-order chi connectivity index (χ0) is 11.3. The Labute approximate surface area is 88.5 Å². The molecule has 0 bridgehead atoms. The molecule has 1 aliphatic heterocycles. The molecule has 0 radical (unpaired) electrons. The minimum atomic E-state index is -1.82. The second-order valence-electron chi connectivity index (χ2n) is 4.00. The van der Waals surface area contributed by atoms with E-state index < -0.39 is 11.9 Å². The van der Waals surface area contributed by atoms with Gasteiger partial charge in [-0.05, 0) is 38.1 Å². The molecule has 0 amide bonds. The van der Waals surface area contributed by atoms with Crippen molar-refractivity contribution in [1.29, 1.82) is 0 Å². The first-order valence-corrected chi connectivity index (χ1v) is 5.31. The summed E-state index contributed by atoms with van der Waals surface area (Å²) < 4.78 is 0. The van der Waals surface area contributed by atoms with Gasteiger partial charge in [-0.15, -0.1) is 0 Å². The molecule has 0 aromatic carbocycles. The Kier molecular flexibility index (Phi) is 4.55. The highest BCUT2D eigenvalue weighted by Crippen LogP contribution is 2.32. The highest BCUT2D eigenvalue weighted by atomic mass is 16.4. The van der Waals surface area contributed by atoms with Crippen molar-refractivity contribution in [3.05, 3.63) is 0 Å². The van der Waals surface area contributed by atoms with Crippen molar-refractivity contribution >= 4 is 11.9 Å². The maximum absolute atomic E-state index is 9.10. The molecule has 3 N–H and O–H groups in total. The number of nitrogens with one attached hydrogen (secondary N) is 1.